The summed E-state index contributed by atoms with van der Waals surface area (Å²) in [5, 5.41) is 5.27. The van der Waals surface area contributed by atoms with Gasteiger partial charge in [0, 0.05) is 19.1 Å². The first-order chi connectivity index (χ1) is 7.01. The van der Waals surface area contributed by atoms with Gasteiger partial charge >= 0.3 is 6.03 Å². The third kappa shape index (κ3) is 5.93. The molecule has 3 amide bonds. The van der Waals surface area contributed by atoms with Crippen LogP contribution in [0, 0.1) is 0 Å². The molecule has 5 nitrogen and oxygen atoms in total. The van der Waals surface area contributed by atoms with Crippen molar-refractivity contribution in [1.29, 1.82) is 0 Å². The number of carbonyl (C=O) groups excluding carboxylic acids is 2. The number of rotatable bonds is 5. The fraction of sp³-hybridized carbons (Fsp3) is 0.800. The minimum atomic E-state index is -0.195. The van der Waals surface area contributed by atoms with Crippen molar-refractivity contribution >= 4 is 11.9 Å². The van der Waals surface area contributed by atoms with Gasteiger partial charge in [0.2, 0.25) is 5.91 Å². The Labute approximate surface area is 91.2 Å². The van der Waals surface area contributed by atoms with E-state index in [1.165, 1.54) is 0 Å². The van der Waals surface area contributed by atoms with Gasteiger partial charge in [-0.05, 0) is 27.7 Å². The van der Waals surface area contributed by atoms with Crippen molar-refractivity contribution in [3.05, 3.63) is 0 Å². The molecule has 0 aliphatic heterocycles. The minimum Gasteiger partial charge on any atom is -0.352 e. The highest BCUT2D eigenvalue weighted by molar-refractivity contribution is 5.84. The standard InChI is InChI=1S/C10H21N3O2/c1-5-13(6-2)10(15)11-7-9(14)12-8(3)4/h8H,5-7H2,1-4H3,(H,11,15)(H,12,14). The molecule has 0 saturated heterocycles. The third-order valence-electron chi connectivity index (χ3n) is 1.90. The zero-order valence-electron chi connectivity index (χ0n) is 9.96. The molecule has 0 saturated carbocycles. The van der Waals surface area contributed by atoms with Crippen molar-refractivity contribution in [2.24, 2.45) is 0 Å². The average molecular weight is 215 g/mol. The zero-order valence-corrected chi connectivity index (χ0v) is 9.96. The molecule has 0 atom stereocenters. The summed E-state index contributed by atoms with van der Waals surface area (Å²) >= 11 is 0. The molecule has 0 heterocycles. The van der Waals surface area contributed by atoms with Crippen LogP contribution in [-0.2, 0) is 4.79 Å². The first kappa shape index (κ1) is 13.7. The lowest BCUT2D eigenvalue weighted by molar-refractivity contribution is -0.120. The van der Waals surface area contributed by atoms with E-state index in [1.807, 2.05) is 27.7 Å². The highest BCUT2D eigenvalue weighted by Gasteiger charge is 2.10. The Kier molecular flexibility index (Phi) is 6.49. The van der Waals surface area contributed by atoms with E-state index in [2.05, 4.69) is 10.6 Å². The second kappa shape index (κ2) is 7.09. The number of amides is 3. The summed E-state index contributed by atoms with van der Waals surface area (Å²) in [6, 6.07) is -0.0956. The van der Waals surface area contributed by atoms with Crippen LogP contribution in [0.3, 0.4) is 0 Å². The maximum Gasteiger partial charge on any atom is 0.317 e. The van der Waals surface area contributed by atoms with Gasteiger partial charge < -0.3 is 15.5 Å². The molecule has 0 aliphatic carbocycles. The normalized spacial score (nSPS) is 9.93. The molecule has 0 bridgehead atoms. The van der Waals surface area contributed by atoms with Gasteiger partial charge in [0.15, 0.2) is 0 Å². The molecule has 0 aromatic heterocycles. The number of urea groups is 1. The summed E-state index contributed by atoms with van der Waals surface area (Å²) in [4.78, 5) is 24.3. The molecule has 5 heteroatoms. The summed E-state index contributed by atoms with van der Waals surface area (Å²) in [6.45, 7) is 8.89. The van der Waals surface area contributed by atoms with Crippen molar-refractivity contribution in [2.45, 2.75) is 33.7 Å². The first-order valence-electron chi connectivity index (χ1n) is 5.33. The Balaban J connectivity index is 3.84. The van der Waals surface area contributed by atoms with Crippen LogP contribution in [-0.4, -0.2) is 42.5 Å². The molecule has 88 valence electrons. The van der Waals surface area contributed by atoms with E-state index in [4.69, 9.17) is 0 Å². The number of nitrogens with one attached hydrogen (secondary N) is 2. The van der Waals surface area contributed by atoms with E-state index in [0.29, 0.717) is 13.1 Å². The molecular weight excluding hydrogens is 194 g/mol. The van der Waals surface area contributed by atoms with Gasteiger partial charge in [0.25, 0.3) is 0 Å². The summed E-state index contributed by atoms with van der Waals surface area (Å²) in [5.41, 5.74) is 0. The molecule has 0 aliphatic rings. The number of hydrogen-bond acceptors (Lipinski definition) is 2. The van der Waals surface area contributed by atoms with Crippen molar-refractivity contribution in [2.75, 3.05) is 19.6 Å². The molecule has 15 heavy (non-hydrogen) atoms. The van der Waals surface area contributed by atoms with Gasteiger partial charge in [-0.3, -0.25) is 4.79 Å². The second-order valence-electron chi connectivity index (χ2n) is 3.55. The van der Waals surface area contributed by atoms with E-state index >= 15 is 0 Å². The maximum absolute atomic E-state index is 11.4. The molecule has 0 unspecified atom stereocenters. The second-order valence-corrected chi connectivity index (χ2v) is 3.55. The van der Waals surface area contributed by atoms with Crippen LogP contribution in [0.2, 0.25) is 0 Å². The van der Waals surface area contributed by atoms with Crippen LogP contribution in [0.15, 0.2) is 0 Å². The first-order valence-corrected chi connectivity index (χ1v) is 5.33. The third-order valence-corrected chi connectivity index (χ3v) is 1.90. The van der Waals surface area contributed by atoms with Crippen molar-refractivity contribution in [1.82, 2.24) is 15.5 Å². The summed E-state index contributed by atoms with van der Waals surface area (Å²) in [6.07, 6.45) is 0. The van der Waals surface area contributed by atoms with Gasteiger partial charge in [-0.15, -0.1) is 0 Å². The Morgan fingerprint density at radius 1 is 1.20 bits per heavy atom. The van der Waals surface area contributed by atoms with E-state index in [0.717, 1.165) is 0 Å². The molecule has 2 N–H and O–H groups in total. The highest BCUT2D eigenvalue weighted by Crippen LogP contribution is 1.87. The van der Waals surface area contributed by atoms with Crippen molar-refractivity contribution in [3.63, 3.8) is 0 Å². The predicted molar refractivity (Wildman–Crippen MR) is 59.6 cm³/mol. The SMILES string of the molecule is CCN(CC)C(=O)NCC(=O)NC(C)C. The summed E-state index contributed by atoms with van der Waals surface area (Å²) in [7, 11) is 0. The monoisotopic (exact) mass is 215 g/mol. The lowest BCUT2D eigenvalue weighted by Gasteiger charge is -2.19. The van der Waals surface area contributed by atoms with Crippen LogP contribution in [0.5, 0.6) is 0 Å². The van der Waals surface area contributed by atoms with Crippen LogP contribution in [0.4, 0.5) is 4.79 Å². The zero-order chi connectivity index (χ0) is 11.8. The van der Waals surface area contributed by atoms with E-state index in [1.54, 1.807) is 4.90 Å². The van der Waals surface area contributed by atoms with Crippen LogP contribution < -0.4 is 10.6 Å². The van der Waals surface area contributed by atoms with Gasteiger partial charge in [-0.1, -0.05) is 0 Å². The molecule has 0 aromatic rings. The Morgan fingerprint density at radius 2 is 1.73 bits per heavy atom. The number of carbonyl (C=O) groups is 2. The fourth-order valence-electron chi connectivity index (χ4n) is 1.15. The summed E-state index contributed by atoms with van der Waals surface area (Å²) < 4.78 is 0. The van der Waals surface area contributed by atoms with Crippen LogP contribution in [0.1, 0.15) is 27.7 Å². The number of hydrogen-bond donors (Lipinski definition) is 2. The lowest BCUT2D eigenvalue weighted by Crippen LogP contribution is -2.45. The topological polar surface area (TPSA) is 61.4 Å². The fourth-order valence-corrected chi connectivity index (χ4v) is 1.15. The highest BCUT2D eigenvalue weighted by atomic mass is 16.2. The van der Waals surface area contributed by atoms with Gasteiger partial charge in [0.1, 0.15) is 0 Å². The van der Waals surface area contributed by atoms with Crippen LogP contribution in [0.25, 0.3) is 0 Å². The van der Waals surface area contributed by atoms with Crippen molar-refractivity contribution < 1.29 is 9.59 Å². The summed E-state index contributed by atoms with van der Waals surface area (Å²) in [5.74, 6) is -0.162. The Morgan fingerprint density at radius 3 is 2.13 bits per heavy atom. The smallest absolute Gasteiger partial charge is 0.317 e. The van der Waals surface area contributed by atoms with Gasteiger partial charge in [0.05, 0.1) is 6.54 Å². The largest absolute Gasteiger partial charge is 0.352 e. The maximum atomic E-state index is 11.4. The minimum absolute atomic E-state index is 0.0352. The van der Waals surface area contributed by atoms with Crippen molar-refractivity contribution in [3.8, 4) is 0 Å². The molecule has 0 fully saturated rings. The molecule has 0 radical (unpaired) electrons. The average Bonchev–Trinajstić information content (AvgIpc) is 2.15. The predicted octanol–water partition coefficient (Wildman–Crippen LogP) is 0.562. The Bertz CT molecular complexity index is 213. The van der Waals surface area contributed by atoms with Gasteiger partial charge in [-0.25, -0.2) is 4.79 Å². The molecule has 0 spiro atoms. The molecular formula is C10H21N3O2. The van der Waals surface area contributed by atoms with Crippen LogP contribution >= 0.6 is 0 Å². The quantitative estimate of drug-likeness (QED) is 0.704. The van der Waals surface area contributed by atoms with E-state index in [9.17, 15) is 9.59 Å². The molecule has 0 aromatic carbocycles. The van der Waals surface area contributed by atoms with E-state index < -0.39 is 0 Å². The number of nitrogens with zero attached hydrogens (tertiary/aromatic N) is 1. The van der Waals surface area contributed by atoms with Gasteiger partial charge in [-0.2, -0.15) is 0 Å². The van der Waals surface area contributed by atoms with E-state index in [-0.39, 0.29) is 24.5 Å². The molecule has 0 rings (SSSR count). The Hall–Kier alpha value is -1.26. The lowest BCUT2D eigenvalue weighted by atomic mass is 10.4.